The molecule has 1 aromatic rings. The minimum absolute atomic E-state index is 0.0835. The summed E-state index contributed by atoms with van der Waals surface area (Å²) in [7, 11) is 0. The van der Waals surface area contributed by atoms with Gasteiger partial charge in [0.1, 0.15) is 11.5 Å². The minimum Gasteiger partial charge on any atom is -0.395 e. The molecule has 0 bridgehead atoms. The Morgan fingerprint density at radius 1 is 1.50 bits per heavy atom. The van der Waals surface area contributed by atoms with Crippen molar-refractivity contribution in [2.45, 2.75) is 19.8 Å². The van der Waals surface area contributed by atoms with Crippen molar-refractivity contribution in [3.63, 3.8) is 0 Å². The van der Waals surface area contributed by atoms with Crippen LogP contribution in [0.1, 0.15) is 23.8 Å². The molecule has 0 fully saturated rings. The van der Waals surface area contributed by atoms with Crippen LogP contribution in [0.25, 0.3) is 0 Å². The summed E-state index contributed by atoms with van der Waals surface area (Å²) in [5, 5.41) is 11.9. The van der Waals surface area contributed by atoms with Gasteiger partial charge in [0.2, 0.25) is 0 Å². The molecule has 1 aromatic heterocycles. The van der Waals surface area contributed by atoms with Crippen LogP contribution in [0.15, 0.2) is 18.2 Å². The lowest BCUT2D eigenvalue weighted by molar-refractivity contribution is 0.0504. The van der Waals surface area contributed by atoms with Gasteiger partial charge in [-0.2, -0.15) is 0 Å². The maximum atomic E-state index is 12.4. The molecule has 0 saturated carbocycles. The van der Waals surface area contributed by atoms with E-state index < -0.39 is 18.9 Å². The number of aromatic nitrogens is 1. The van der Waals surface area contributed by atoms with Crippen molar-refractivity contribution in [3.8, 4) is 0 Å². The third-order valence-corrected chi connectivity index (χ3v) is 2.54. The highest BCUT2D eigenvalue weighted by Gasteiger charge is 2.20. The van der Waals surface area contributed by atoms with Gasteiger partial charge in [0.25, 0.3) is 12.3 Å². The van der Waals surface area contributed by atoms with Crippen LogP contribution >= 0.6 is 0 Å². The fourth-order valence-corrected chi connectivity index (χ4v) is 1.63. The summed E-state index contributed by atoms with van der Waals surface area (Å²) in [4.78, 5) is 17.1. The molecule has 0 unspecified atom stereocenters. The molecule has 5 nitrogen and oxygen atoms in total. The zero-order valence-corrected chi connectivity index (χ0v) is 11.4. The molecular weight excluding hydrogens is 268 g/mol. The Morgan fingerprint density at radius 3 is 2.85 bits per heavy atom. The number of amides is 1. The van der Waals surface area contributed by atoms with Crippen molar-refractivity contribution in [2.75, 3.05) is 31.6 Å². The largest absolute Gasteiger partial charge is 0.395 e. The van der Waals surface area contributed by atoms with Crippen molar-refractivity contribution >= 4 is 11.7 Å². The number of hydrogen-bond acceptors (Lipinski definition) is 4. The molecule has 0 spiro atoms. The second kappa shape index (κ2) is 8.42. The first kappa shape index (κ1) is 16.3. The van der Waals surface area contributed by atoms with Crippen LogP contribution in [0.3, 0.4) is 0 Å². The number of carbonyl (C=O) groups is 1. The van der Waals surface area contributed by atoms with Crippen LogP contribution in [-0.2, 0) is 0 Å². The molecule has 0 saturated heterocycles. The number of hydrogen-bond donors (Lipinski definition) is 2. The van der Waals surface area contributed by atoms with E-state index in [1.807, 2.05) is 6.92 Å². The van der Waals surface area contributed by atoms with E-state index in [2.05, 4.69) is 10.3 Å². The molecule has 20 heavy (non-hydrogen) atoms. The van der Waals surface area contributed by atoms with E-state index in [1.165, 1.54) is 6.07 Å². The number of halogens is 2. The van der Waals surface area contributed by atoms with Gasteiger partial charge in [-0.25, -0.2) is 13.8 Å². The number of anilines is 1. The second-order valence-electron chi connectivity index (χ2n) is 4.20. The molecule has 0 atom stereocenters. The maximum absolute atomic E-state index is 12.4. The number of aliphatic hydroxyl groups excluding tert-OH is 1. The van der Waals surface area contributed by atoms with Crippen molar-refractivity contribution in [1.82, 2.24) is 9.88 Å². The van der Waals surface area contributed by atoms with E-state index in [0.717, 1.165) is 11.3 Å². The molecule has 1 rings (SSSR count). The molecule has 112 valence electrons. The quantitative estimate of drug-likeness (QED) is 0.762. The highest BCUT2D eigenvalue weighted by Crippen LogP contribution is 2.09. The molecule has 2 N–H and O–H groups in total. The Hall–Kier alpha value is -1.76. The monoisotopic (exact) mass is 287 g/mol. The van der Waals surface area contributed by atoms with E-state index in [9.17, 15) is 13.6 Å². The van der Waals surface area contributed by atoms with E-state index in [1.54, 1.807) is 12.1 Å². The maximum Gasteiger partial charge on any atom is 0.272 e. The topological polar surface area (TPSA) is 65.5 Å². The first-order valence-corrected chi connectivity index (χ1v) is 6.47. The first-order chi connectivity index (χ1) is 9.58. The molecule has 0 aliphatic carbocycles. The van der Waals surface area contributed by atoms with Gasteiger partial charge in [-0.05, 0) is 18.6 Å². The van der Waals surface area contributed by atoms with Crippen LogP contribution in [0.2, 0.25) is 0 Å². The Kier molecular flexibility index (Phi) is 6.86. The van der Waals surface area contributed by atoms with E-state index in [0.29, 0.717) is 12.4 Å². The number of alkyl halides is 2. The Morgan fingerprint density at radius 2 is 2.25 bits per heavy atom. The predicted octanol–water partition coefficient (Wildman–Crippen LogP) is 1.60. The average Bonchev–Trinajstić information content (AvgIpc) is 2.43. The zero-order valence-electron chi connectivity index (χ0n) is 11.4. The number of rotatable bonds is 8. The predicted molar refractivity (Wildman–Crippen MR) is 72.0 cm³/mol. The van der Waals surface area contributed by atoms with Crippen molar-refractivity contribution < 1.29 is 18.7 Å². The molecular formula is C13H19F2N3O2. The molecule has 0 radical (unpaired) electrons. The molecule has 0 aromatic carbocycles. The van der Waals surface area contributed by atoms with Gasteiger partial charge in [-0.1, -0.05) is 13.0 Å². The lowest BCUT2D eigenvalue weighted by Crippen LogP contribution is -2.37. The lowest BCUT2D eigenvalue weighted by atomic mass is 10.3. The molecule has 1 heterocycles. The number of aliphatic hydroxyl groups is 1. The summed E-state index contributed by atoms with van der Waals surface area (Å²) >= 11 is 0. The SMILES string of the molecule is CCCNc1cccc(C(=O)N(CCO)CC(F)F)n1. The average molecular weight is 287 g/mol. The fraction of sp³-hybridized carbons (Fsp3) is 0.538. The van der Waals surface area contributed by atoms with Crippen LogP contribution in [0.4, 0.5) is 14.6 Å². The van der Waals surface area contributed by atoms with Gasteiger partial charge in [-0.15, -0.1) is 0 Å². The van der Waals surface area contributed by atoms with Crippen molar-refractivity contribution in [3.05, 3.63) is 23.9 Å². The minimum atomic E-state index is -2.65. The summed E-state index contributed by atoms with van der Waals surface area (Å²) in [5.74, 6) is -0.0850. The molecule has 7 heteroatoms. The van der Waals surface area contributed by atoms with E-state index >= 15 is 0 Å². The summed E-state index contributed by atoms with van der Waals surface area (Å²) in [6.45, 7) is 1.48. The fourth-order valence-electron chi connectivity index (χ4n) is 1.63. The normalized spacial score (nSPS) is 10.7. The third-order valence-electron chi connectivity index (χ3n) is 2.54. The molecule has 1 amide bonds. The number of nitrogens with zero attached hydrogens (tertiary/aromatic N) is 2. The summed E-state index contributed by atoms with van der Waals surface area (Å²) in [5.41, 5.74) is 0.0835. The standard InChI is InChI=1S/C13H19F2N3O2/c1-2-6-16-12-5-3-4-10(17-12)13(20)18(7-8-19)9-11(14)15/h3-5,11,19H,2,6-9H2,1H3,(H,16,17). The van der Waals surface area contributed by atoms with Crippen molar-refractivity contribution in [2.24, 2.45) is 0 Å². The number of nitrogens with one attached hydrogen (secondary N) is 1. The Balaban J connectivity index is 2.82. The van der Waals surface area contributed by atoms with Gasteiger partial charge in [0, 0.05) is 13.1 Å². The Labute approximate surface area is 116 Å². The highest BCUT2D eigenvalue weighted by atomic mass is 19.3. The number of pyridine rings is 1. The van der Waals surface area contributed by atoms with E-state index in [-0.39, 0.29) is 18.8 Å². The summed E-state index contributed by atoms with van der Waals surface area (Å²) in [6.07, 6.45) is -1.74. The molecule has 0 aliphatic rings. The van der Waals surface area contributed by atoms with Crippen LogP contribution in [-0.4, -0.2) is 53.6 Å². The van der Waals surface area contributed by atoms with Gasteiger partial charge in [-0.3, -0.25) is 4.79 Å². The summed E-state index contributed by atoms with van der Waals surface area (Å²) in [6, 6.07) is 4.81. The first-order valence-electron chi connectivity index (χ1n) is 6.47. The zero-order chi connectivity index (χ0) is 15.0. The smallest absolute Gasteiger partial charge is 0.272 e. The van der Waals surface area contributed by atoms with Gasteiger partial charge >= 0.3 is 0 Å². The van der Waals surface area contributed by atoms with Crippen LogP contribution in [0, 0.1) is 0 Å². The van der Waals surface area contributed by atoms with E-state index in [4.69, 9.17) is 5.11 Å². The van der Waals surface area contributed by atoms with Gasteiger partial charge in [0.05, 0.1) is 13.2 Å². The van der Waals surface area contributed by atoms with Crippen LogP contribution in [0.5, 0.6) is 0 Å². The van der Waals surface area contributed by atoms with Gasteiger partial charge < -0.3 is 15.3 Å². The molecule has 0 aliphatic heterocycles. The van der Waals surface area contributed by atoms with Crippen LogP contribution < -0.4 is 5.32 Å². The van der Waals surface area contributed by atoms with Gasteiger partial charge in [0.15, 0.2) is 0 Å². The summed E-state index contributed by atoms with van der Waals surface area (Å²) < 4.78 is 24.8. The number of carbonyl (C=O) groups excluding carboxylic acids is 1. The lowest BCUT2D eigenvalue weighted by Gasteiger charge is -2.21. The second-order valence-corrected chi connectivity index (χ2v) is 4.20. The highest BCUT2D eigenvalue weighted by molar-refractivity contribution is 5.92. The third kappa shape index (κ3) is 5.08. The Bertz CT molecular complexity index is 430. The van der Waals surface area contributed by atoms with Crippen molar-refractivity contribution in [1.29, 1.82) is 0 Å².